The van der Waals surface area contributed by atoms with Gasteiger partial charge >= 0.3 is 0 Å². The highest BCUT2D eigenvalue weighted by Gasteiger charge is 2.27. The monoisotopic (exact) mass is 179 g/mol. The van der Waals surface area contributed by atoms with Crippen molar-refractivity contribution < 1.29 is 14.0 Å². The molecule has 1 aliphatic rings. The van der Waals surface area contributed by atoms with Gasteiger partial charge in [-0.2, -0.15) is 0 Å². The molecule has 0 saturated carbocycles. The Labute approximate surface area is 73.6 Å². The molecule has 0 fully saturated rings. The van der Waals surface area contributed by atoms with Crippen LogP contribution in [0.25, 0.3) is 0 Å². The molecule has 3 nitrogen and oxygen atoms in total. The molecule has 2 amide bonds. The van der Waals surface area contributed by atoms with E-state index in [-0.39, 0.29) is 11.1 Å². The minimum absolute atomic E-state index is 0.119. The van der Waals surface area contributed by atoms with Crippen LogP contribution in [-0.2, 0) is 0 Å². The number of nitrogens with one attached hydrogen (secondary N) is 1. The summed E-state index contributed by atoms with van der Waals surface area (Å²) >= 11 is 0. The van der Waals surface area contributed by atoms with Crippen molar-refractivity contribution in [2.24, 2.45) is 0 Å². The van der Waals surface area contributed by atoms with Crippen molar-refractivity contribution in [3.63, 3.8) is 0 Å². The summed E-state index contributed by atoms with van der Waals surface area (Å²) in [6.07, 6.45) is 0. The molecule has 1 heterocycles. The maximum absolute atomic E-state index is 13.0. The van der Waals surface area contributed by atoms with E-state index in [0.717, 1.165) is 6.07 Å². The number of aryl methyl sites for hydroxylation is 1. The van der Waals surface area contributed by atoms with Crippen LogP contribution in [0.15, 0.2) is 12.1 Å². The van der Waals surface area contributed by atoms with E-state index in [1.807, 2.05) is 0 Å². The molecule has 13 heavy (non-hydrogen) atoms. The molecular formula is C9H6FNO2. The highest BCUT2D eigenvalue weighted by Crippen LogP contribution is 2.19. The third-order valence-corrected chi connectivity index (χ3v) is 2.02. The quantitative estimate of drug-likeness (QED) is 0.604. The number of rotatable bonds is 0. The van der Waals surface area contributed by atoms with Crippen molar-refractivity contribution in [2.45, 2.75) is 6.92 Å². The van der Waals surface area contributed by atoms with Crippen LogP contribution in [0.2, 0.25) is 0 Å². The van der Waals surface area contributed by atoms with Crippen LogP contribution >= 0.6 is 0 Å². The zero-order valence-corrected chi connectivity index (χ0v) is 6.85. The molecule has 1 aromatic carbocycles. The van der Waals surface area contributed by atoms with Crippen LogP contribution < -0.4 is 5.32 Å². The molecule has 0 aliphatic carbocycles. The third kappa shape index (κ3) is 1.02. The van der Waals surface area contributed by atoms with E-state index >= 15 is 0 Å². The van der Waals surface area contributed by atoms with Crippen molar-refractivity contribution in [1.29, 1.82) is 0 Å². The van der Waals surface area contributed by atoms with E-state index in [9.17, 15) is 14.0 Å². The summed E-state index contributed by atoms with van der Waals surface area (Å²) in [6.45, 7) is 1.55. The minimum atomic E-state index is -0.529. The van der Waals surface area contributed by atoms with Gasteiger partial charge in [0, 0.05) is 0 Å². The zero-order chi connectivity index (χ0) is 9.59. The van der Waals surface area contributed by atoms with Crippen LogP contribution in [0.5, 0.6) is 0 Å². The molecular weight excluding hydrogens is 173 g/mol. The second-order valence-electron chi connectivity index (χ2n) is 2.93. The number of imide groups is 1. The third-order valence-electron chi connectivity index (χ3n) is 2.02. The van der Waals surface area contributed by atoms with Crippen molar-refractivity contribution in [2.75, 3.05) is 0 Å². The highest BCUT2D eigenvalue weighted by molar-refractivity contribution is 6.21. The predicted octanol–water partition coefficient (Wildman–Crippen LogP) is 1.02. The molecule has 1 aromatic rings. The first kappa shape index (κ1) is 7.91. The molecule has 2 rings (SSSR count). The number of benzene rings is 1. The van der Waals surface area contributed by atoms with Gasteiger partial charge in [0.2, 0.25) is 0 Å². The number of fused-ring (bicyclic) bond motifs is 1. The highest BCUT2D eigenvalue weighted by atomic mass is 19.1. The number of halogens is 1. The van der Waals surface area contributed by atoms with Crippen LogP contribution in [0.3, 0.4) is 0 Å². The van der Waals surface area contributed by atoms with Gasteiger partial charge in [0.25, 0.3) is 11.8 Å². The molecule has 1 N–H and O–H groups in total. The topological polar surface area (TPSA) is 46.2 Å². The van der Waals surface area contributed by atoms with E-state index < -0.39 is 17.6 Å². The van der Waals surface area contributed by atoms with Crippen molar-refractivity contribution >= 4 is 11.8 Å². The molecule has 0 bridgehead atoms. The Morgan fingerprint density at radius 3 is 2.31 bits per heavy atom. The van der Waals surface area contributed by atoms with Gasteiger partial charge in [0.15, 0.2) is 0 Å². The lowest BCUT2D eigenvalue weighted by molar-refractivity contribution is 0.0879. The fourth-order valence-corrected chi connectivity index (χ4v) is 1.30. The van der Waals surface area contributed by atoms with E-state index in [0.29, 0.717) is 5.56 Å². The number of carbonyl (C=O) groups excluding carboxylic acids is 2. The Hall–Kier alpha value is -1.71. The molecule has 0 spiro atoms. The van der Waals surface area contributed by atoms with E-state index in [1.165, 1.54) is 6.07 Å². The summed E-state index contributed by atoms with van der Waals surface area (Å²) in [5.74, 6) is -1.45. The minimum Gasteiger partial charge on any atom is -0.288 e. The van der Waals surface area contributed by atoms with E-state index in [4.69, 9.17) is 0 Å². The van der Waals surface area contributed by atoms with Gasteiger partial charge < -0.3 is 0 Å². The van der Waals surface area contributed by atoms with Crippen LogP contribution in [-0.4, -0.2) is 11.8 Å². The lowest BCUT2D eigenvalue weighted by Crippen LogP contribution is -2.19. The van der Waals surface area contributed by atoms with E-state index in [2.05, 4.69) is 5.32 Å². The molecule has 1 aliphatic heterocycles. The van der Waals surface area contributed by atoms with Crippen LogP contribution in [0, 0.1) is 12.7 Å². The Kier molecular flexibility index (Phi) is 1.45. The first-order valence-corrected chi connectivity index (χ1v) is 3.75. The molecule has 0 atom stereocenters. The number of hydrogen-bond acceptors (Lipinski definition) is 2. The normalized spacial score (nSPS) is 14.3. The van der Waals surface area contributed by atoms with Gasteiger partial charge in [0.1, 0.15) is 5.82 Å². The standard InChI is InChI=1S/C9H6FNO2/c1-4-2-5-6(3-7(4)10)9(13)11-8(5)12/h2-3H,1H3,(H,11,12,13). The first-order valence-electron chi connectivity index (χ1n) is 3.75. The molecule has 0 unspecified atom stereocenters. The van der Waals surface area contributed by atoms with Gasteiger partial charge in [-0.3, -0.25) is 14.9 Å². The summed E-state index contributed by atoms with van der Waals surface area (Å²) in [7, 11) is 0. The largest absolute Gasteiger partial charge is 0.288 e. The number of hydrogen-bond donors (Lipinski definition) is 1. The van der Waals surface area contributed by atoms with Gasteiger partial charge in [-0.1, -0.05) is 0 Å². The Bertz CT molecular complexity index is 387. The smallest absolute Gasteiger partial charge is 0.259 e. The van der Waals surface area contributed by atoms with Crippen LogP contribution in [0.1, 0.15) is 26.3 Å². The SMILES string of the molecule is Cc1cc2c(cc1F)C(=O)NC2=O. The van der Waals surface area contributed by atoms with Crippen molar-refractivity contribution in [3.8, 4) is 0 Å². The Morgan fingerprint density at radius 2 is 1.69 bits per heavy atom. The molecule has 66 valence electrons. The second kappa shape index (κ2) is 2.39. The fraction of sp³-hybridized carbons (Fsp3) is 0.111. The zero-order valence-electron chi connectivity index (χ0n) is 6.85. The first-order chi connectivity index (χ1) is 6.09. The van der Waals surface area contributed by atoms with Gasteiger partial charge in [-0.05, 0) is 24.6 Å². The summed E-state index contributed by atoms with van der Waals surface area (Å²) in [6, 6.07) is 2.47. The predicted molar refractivity (Wildman–Crippen MR) is 42.9 cm³/mol. The van der Waals surface area contributed by atoms with Crippen molar-refractivity contribution in [1.82, 2.24) is 5.32 Å². The molecule has 0 saturated heterocycles. The average molecular weight is 179 g/mol. The molecule has 4 heteroatoms. The second-order valence-corrected chi connectivity index (χ2v) is 2.93. The molecule has 0 radical (unpaired) electrons. The number of carbonyl (C=O) groups is 2. The summed E-state index contributed by atoms with van der Waals surface area (Å²) < 4.78 is 13.0. The lowest BCUT2D eigenvalue weighted by atomic mass is 10.1. The summed E-state index contributed by atoms with van der Waals surface area (Å²) in [5.41, 5.74) is 0.737. The molecule has 0 aromatic heterocycles. The summed E-state index contributed by atoms with van der Waals surface area (Å²) in [5, 5.41) is 2.09. The van der Waals surface area contributed by atoms with E-state index in [1.54, 1.807) is 6.92 Å². The summed E-state index contributed by atoms with van der Waals surface area (Å²) in [4.78, 5) is 22.1. The van der Waals surface area contributed by atoms with Crippen LogP contribution in [0.4, 0.5) is 4.39 Å². The fourth-order valence-electron chi connectivity index (χ4n) is 1.30. The van der Waals surface area contributed by atoms with Gasteiger partial charge in [-0.15, -0.1) is 0 Å². The number of amides is 2. The maximum atomic E-state index is 13.0. The van der Waals surface area contributed by atoms with Gasteiger partial charge in [0.05, 0.1) is 11.1 Å². The Morgan fingerprint density at radius 1 is 1.15 bits per heavy atom. The maximum Gasteiger partial charge on any atom is 0.259 e. The average Bonchev–Trinajstić information content (AvgIpc) is 2.31. The Balaban J connectivity index is 2.72. The van der Waals surface area contributed by atoms with Gasteiger partial charge in [-0.25, -0.2) is 4.39 Å². The van der Waals surface area contributed by atoms with Crippen molar-refractivity contribution in [3.05, 3.63) is 34.6 Å². The lowest BCUT2D eigenvalue weighted by Gasteiger charge is -1.97.